The molecule has 0 amide bonds. The number of rotatable bonds is 0. The fourth-order valence-electron chi connectivity index (χ4n) is 0.470. The molecule has 0 aliphatic carbocycles. The van der Waals surface area contributed by atoms with Crippen LogP contribution in [0.2, 0.25) is 5.05 Å². The number of benzene rings is 1. The molecule has 0 unspecified atom stereocenters. The van der Waals surface area contributed by atoms with Gasteiger partial charge in [-0.25, -0.2) is 13.2 Å². The molecule has 0 radical (unpaired) electrons. The molecular weight excluding hydrogens is 245 g/mol. The van der Waals surface area contributed by atoms with Gasteiger partial charge >= 0.3 is 26.8 Å². The summed E-state index contributed by atoms with van der Waals surface area (Å²) >= 11 is 1.86. The van der Waals surface area contributed by atoms with Gasteiger partial charge in [0.2, 0.25) is 0 Å². The Hall–Kier alpha value is 0.256. The molecular formula is C7H6BrF3Mg. The first kappa shape index (κ1) is 14.8. The second-order valence-corrected chi connectivity index (χ2v) is 1.56. The summed E-state index contributed by atoms with van der Waals surface area (Å²) in [7, 11) is 0. The standard InChI is InChI=1S/C6H3F3.CH3.BrH.Mg/c7-4-1-2-5(8)6(9)3-4;;;/h1-3H;1H3;1H;/q;;;+1/p-1. The summed E-state index contributed by atoms with van der Waals surface area (Å²) in [5.41, 5.74) is 0. The van der Waals surface area contributed by atoms with Crippen molar-refractivity contribution in [1.29, 1.82) is 0 Å². The maximum atomic E-state index is 12.0. The summed E-state index contributed by atoms with van der Waals surface area (Å²) in [6.45, 7) is 0. The minimum absolute atomic E-state index is 0. The van der Waals surface area contributed by atoms with Crippen LogP contribution in [-0.4, -0.2) is 21.7 Å². The molecule has 12 heavy (non-hydrogen) atoms. The van der Waals surface area contributed by atoms with E-state index in [9.17, 15) is 13.2 Å². The summed E-state index contributed by atoms with van der Waals surface area (Å²) < 4.78 is 35.9. The fraction of sp³-hybridized carbons (Fsp3) is 0.143. The van der Waals surface area contributed by atoms with E-state index in [2.05, 4.69) is 0 Å². The Morgan fingerprint density at radius 1 is 1.00 bits per heavy atom. The van der Waals surface area contributed by atoms with Gasteiger partial charge in [-0.1, -0.05) is 0 Å². The Morgan fingerprint density at radius 3 is 1.83 bits per heavy atom. The van der Waals surface area contributed by atoms with Crippen molar-refractivity contribution >= 4 is 21.7 Å². The van der Waals surface area contributed by atoms with E-state index in [-0.39, 0.29) is 17.0 Å². The Balaban J connectivity index is 0. The zero-order valence-corrected chi connectivity index (χ0v) is 9.45. The molecule has 0 N–H and O–H groups in total. The predicted octanol–water partition coefficient (Wildman–Crippen LogP) is -0.689. The molecule has 0 fully saturated rings. The average molecular weight is 251 g/mol. The van der Waals surface area contributed by atoms with Crippen molar-refractivity contribution in [2.45, 2.75) is 5.05 Å². The van der Waals surface area contributed by atoms with E-state index < -0.39 is 17.5 Å². The van der Waals surface area contributed by atoms with E-state index in [0.717, 1.165) is 12.1 Å². The van der Waals surface area contributed by atoms with Crippen LogP contribution in [0.15, 0.2) is 18.2 Å². The zero-order valence-electron chi connectivity index (χ0n) is 6.45. The molecule has 0 bridgehead atoms. The molecule has 0 nitrogen and oxygen atoms in total. The van der Waals surface area contributed by atoms with Gasteiger partial charge in [0.05, 0.1) is 0 Å². The minimum atomic E-state index is -1.16. The Morgan fingerprint density at radius 2 is 1.50 bits per heavy atom. The van der Waals surface area contributed by atoms with Crippen molar-refractivity contribution in [3.05, 3.63) is 35.7 Å². The zero-order chi connectivity index (χ0) is 8.85. The van der Waals surface area contributed by atoms with Crippen LogP contribution in [0.4, 0.5) is 13.2 Å². The van der Waals surface area contributed by atoms with Crippen LogP contribution in [0.1, 0.15) is 0 Å². The molecule has 0 heterocycles. The molecule has 0 aliphatic heterocycles. The molecule has 0 aliphatic rings. The van der Waals surface area contributed by atoms with Crippen molar-refractivity contribution in [1.82, 2.24) is 0 Å². The SMILES string of the molecule is Fc1ccc(F)c(F)c1.[Br-].[CH3][Mg+]. The summed E-state index contributed by atoms with van der Waals surface area (Å²) in [6, 6.07) is 2.10. The van der Waals surface area contributed by atoms with Gasteiger partial charge in [-0.05, 0) is 12.1 Å². The molecule has 5 heteroatoms. The third kappa shape index (κ3) is 5.00. The van der Waals surface area contributed by atoms with Gasteiger partial charge in [0.1, 0.15) is 5.82 Å². The fourth-order valence-corrected chi connectivity index (χ4v) is 0.470. The topological polar surface area (TPSA) is 0 Å². The van der Waals surface area contributed by atoms with Crippen LogP contribution in [0.5, 0.6) is 0 Å². The quantitative estimate of drug-likeness (QED) is 0.423. The van der Waals surface area contributed by atoms with E-state index in [4.69, 9.17) is 0 Å². The first-order chi connectivity index (χ1) is 5.20. The summed E-state index contributed by atoms with van der Waals surface area (Å²) in [6.07, 6.45) is 0. The first-order valence-corrected chi connectivity index (χ1v) is 4.43. The predicted molar refractivity (Wildman–Crippen MR) is 37.9 cm³/mol. The van der Waals surface area contributed by atoms with Crippen molar-refractivity contribution in [2.75, 3.05) is 0 Å². The van der Waals surface area contributed by atoms with E-state index >= 15 is 0 Å². The van der Waals surface area contributed by atoms with Crippen LogP contribution in [0.3, 0.4) is 0 Å². The Labute approximate surface area is 92.4 Å². The van der Waals surface area contributed by atoms with Crippen molar-refractivity contribution in [2.24, 2.45) is 0 Å². The third-order valence-corrected chi connectivity index (χ3v) is 0.882. The molecule has 1 rings (SSSR count). The molecule has 0 saturated heterocycles. The van der Waals surface area contributed by atoms with Crippen LogP contribution in [0, 0.1) is 17.5 Å². The van der Waals surface area contributed by atoms with E-state index in [0.29, 0.717) is 6.07 Å². The van der Waals surface area contributed by atoms with Gasteiger partial charge in [0.25, 0.3) is 0 Å². The van der Waals surface area contributed by atoms with Gasteiger partial charge in [0.15, 0.2) is 11.6 Å². The van der Waals surface area contributed by atoms with Crippen molar-refractivity contribution in [3.8, 4) is 0 Å². The summed E-state index contributed by atoms with van der Waals surface area (Å²) in [4.78, 5) is 0. The molecule has 64 valence electrons. The van der Waals surface area contributed by atoms with Gasteiger partial charge < -0.3 is 17.0 Å². The Bertz CT molecular complexity index is 230. The van der Waals surface area contributed by atoms with Gasteiger partial charge in [-0.3, -0.25) is 0 Å². The molecule has 0 aromatic heterocycles. The number of hydrogen-bond donors (Lipinski definition) is 0. The second-order valence-electron chi connectivity index (χ2n) is 1.56. The van der Waals surface area contributed by atoms with Gasteiger partial charge in [-0.2, -0.15) is 0 Å². The average Bonchev–Trinajstić information content (AvgIpc) is 2.02. The molecule has 1 aromatic carbocycles. The van der Waals surface area contributed by atoms with Crippen LogP contribution < -0.4 is 17.0 Å². The Kier molecular flexibility index (Phi) is 9.70. The maximum absolute atomic E-state index is 12.0. The van der Waals surface area contributed by atoms with Gasteiger partial charge in [0, 0.05) is 6.07 Å². The van der Waals surface area contributed by atoms with Gasteiger partial charge in [-0.15, -0.1) is 0 Å². The summed E-state index contributed by atoms with van der Waals surface area (Å²) in [5.74, 6) is -2.96. The number of hydrogen-bond acceptors (Lipinski definition) is 0. The van der Waals surface area contributed by atoms with Crippen LogP contribution >= 0.6 is 0 Å². The van der Waals surface area contributed by atoms with Crippen LogP contribution in [-0.2, 0) is 0 Å². The van der Waals surface area contributed by atoms with E-state index in [1.54, 1.807) is 0 Å². The normalized spacial score (nSPS) is 7.83. The van der Waals surface area contributed by atoms with E-state index in [1.165, 1.54) is 0 Å². The molecule has 0 spiro atoms. The van der Waals surface area contributed by atoms with E-state index in [1.807, 2.05) is 26.8 Å². The van der Waals surface area contributed by atoms with Crippen molar-refractivity contribution < 1.29 is 30.2 Å². The molecule has 0 atom stereocenters. The summed E-state index contributed by atoms with van der Waals surface area (Å²) in [5, 5.41) is 2.03. The van der Waals surface area contributed by atoms with Crippen LogP contribution in [0.25, 0.3) is 0 Å². The first-order valence-electron chi connectivity index (χ1n) is 3.01. The molecule has 0 saturated carbocycles. The second kappa shape index (κ2) is 7.88. The molecule has 1 aromatic rings. The van der Waals surface area contributed by atoms with Crippen molar-refractivity contribution in [3.63, 3.8) is 0 Å². The third-order valence-electron chi connectivity index (χ3n) is 0.882. The number of halogens is 4. The monoisotopic (exact) mass is 250 g/mol.